The van der Waals surface area contributed by atoms with E-state index in [1.165, 1.54) is 41.2 Å². The van der Waals surface area contributed by atoms with E-state index in [0.717, 1.165) is 6.54 Å². The van der Waals surface area contributed by atoms with Gasteiger partial charge in [-0.05, 0) is 53.6 Å². The highest BCUT2D eigenvalue weighted by atomic mass is 127. The molecule has 0 bridgehead atoms. The lowest BCUT2D eigenvalue weighted by atomic mass is 10.1. The topological polar surface area (TPSA) is 12.0 Å². The summed E-state index contributed by atoms with van der Waals surface area (Å²) in [6.45, 7) is 5.54. The average molecular weight is 345 g/mol. The fourth-order valence-corrected chi connectivity index (χ4v) is 2.23. The Hall–Kier alpha value is -0.0900. The van der Waals surface area contributed by atoms with Crippen LogP contribution in [-0.2, 0) is 6.54 Å². The first kappa shape index (κ1) is 15.0. The Kier molecular flexibility index (Phi) is 7.86. The summed E-state index contributed by atoms with van der Waals surface area (Å²) in [5.41, 5.74) is 1.38. The molecule has 1 nitrogen and oxygen atoms in total. The van der Waals surface area contributed by atoms with E-state index in [2.05, 4.69) is 66.0 Å². The smallest absolute Gasteiger partial charge is 0.0207 e. The van der Waals surface area contributed by atoms with Gasteiger partial charge < -0.3 is 5.32 Å². The van der Waals surface area contributed by atoms with Crippen molar-refractivity contribution in [1.29, 1.82) is 0 Å². The Balaban J connectivity index is 2.14. The molecular weight excluding hydrogens is 321 g/mol. The maximum Gasteiger partial charge on any atom is 0.0207 e. The summed E-state index contributed by atoms with van der Waals surface area (Å²) in [5, 5.41) is 3.59. The van der Waals surface area contributed by atoms with Gasteiger partial charge in [0.15, 0.2) is 0 Å². The normalized spacial score (nSPS) is 12.6. The van der Waals surface area contributed by atoms with E-state index in [-0.39, 0.29) is 0 Å². The summed E-state index contributed by atoms with van der Waals surface area (Å²) in [4.78, 5) is 0. The first-order valence-corrected chi connectivity index (χ1v) is 7.78. The van der Waals surface area contributed by atoms with Gasteiger partial charge in [0.25, 0.3) is 0 Å². The van der Waals surface area contributed by atoms with Gasteiger partial charge in [-0.15, -0.1) is 0 Å². The molecule has 1 aromatic carbocycles. The van der Waals surface area contributed by atoms with Crippen LogP contribution in [0.2, 0.25) is 0 Å². The Bertz CT molecular complexity index is 294. The lowest BCUT2D eigenvalue weighted by molar-refractivity contribution is 0.482. The molecule has 0 amide bonds. The Labute approximate surface area is 120 Å². The largest absolute Gasteiger partial charge is 0.310 e. The van der Waals surface area contributed by atoms with Crippen LogP contribution in [0, 0.1) is 3.57 Å². The summed E-state index contributed by atoms with van der Waals surface area (Å²) < 4.78 is 1.30. The standard InChI is InChI=1S/C15H24IN/c1-3-4-5-6-7-13(2)17-12-14-8-10-15(16)11-9-14/h8-11,13,17H,3-7,12H2,1-2H3. The number of benzene rings is 1. The van der Waals surface area contributed by atoms with Crippen LogP contribution < -0.4 is 5.32 Å². The fourth-order valence-electron chi connectivity index (χ4n) is 1.87. The molecule has 0 saturated carbocycles. The van der Waals surface area contributed by atoms with Gasteiger partial charge in [-0.3, -0.25) is 0 Å². The van der Waals surface area contributed by atoms with E-state index in [9.17, 15) is 0 Å². The van der Waals surface area contributed by atoms with Gasteiger partial charge in [-0.25, -0.2) is 0 Å². The molecule has 0 heterocycles. The summed E-state index contributed by atoms with van der Waals surface area (Å²) in [6, 6.07) is 9.38. The van der Waals surface area contributed by atoms with E-state index in [4.69, 9.17) is 0 Å². The molecule has 1 rings (SSSR count). The van der Waals surface area contributed by atoms with E-state index >= 15 is 0 Å². The zero-order valence-corrected chi connectivity index (χ0v) is 13.2. The molecule has 1 aromatic rings. The maximum atomic E-state index is 3.59. The predicted octanol–water partition coefficient (Wildman–Crippen LogP) is 4.74. The van der Waals surface area contributed by atoms with Crippen LogP contribution in [0.25, 0.3) is 0 Å². The van der Waals surface area contributed by atoms with Gasteiger partial charge in [0.2, 0.25) is 0 Å². The molecule has 2 heteroatoms. The Morgan fingerprint density at radius 2 is 1.82 bits per heavy atom. The van der Waals surface area contributed by atoms with Crippen molar-refractivity contribution in [2.75, 3.05) is 0 Å². The van der Waals surface area contributed by atoms with Gasteiger partial charge in [-0.1, -0.05) is 44.7 Å². The molecule has 0 radical (unpaired) electrons. The minimum atomic E-state index is 0.631. The summed E-state index contributed by atoms with van der Waals surface area (Å²) >= 11 is 2.34. The highest BCUT2D eigenvalue weighted by molar-refractivity contribution is 14.1. The molecule has 17 heavy (non-hydrogen) atoms. The van der Waals surface area contributed by atoms with Crippen LogP contribution in [0.3, 0.4) is 0 Å². The summed E-state index contributed by atoms with van der Waals surface area (Å²) in [6.07, 6.45) is 6.74. The van der Waals surface area contributed by atoms with Crippen LogP contribution in [0.1, 0.15) is 51.5 Å². The average Bonchev–Trinajstić information content (AvgIpc) is 2.34. The first-order valence-electron chi connectivity index (χ1n) is 6.70. The number of rotatable bonds is 8. The number of unbranched alkanes of at least 4 members (excludes halogenated alkanes) is 3. The molecule has 0 saturated heterocycles. The molecule has 0 spiro atoms. The Morgan fingerprint density at radius 1 is 1.12 bits per heavy atom. The third kappa shape index (κ3) is 7.04. The van der Waals surface area contributed by atoms with E-state index < -0.39 is 0 Å². The zero-order valence-electron chi connectivity index (χ0n) is 11.0. The molecule has 0 fully saturated rings. The van der Waals surface area contributed by atoms with Gasteiger partial charge in [0.05, 0.1) is 0 Å². The minimum absolute atomic E-state index is 0.631. The number of hydrogen-bond acceptors (Lipinski definition) is 1. The molecule has 96 valence electrons. The van der Waals surface area contributed by atoms with Crippen LogP contribution in [0.15, 0.2) is 24.3 Å². The maximum absolute atomic E-state index is 3.59. The van der Waals surface area contributed by atoms with Crippen molar-refractivity contribution in [2.24, 2.45) is 0 Å². The van der Waals surface area contributed by atoms with E-state index in [0.29, 0.717) is 6.04 Å². The summed E-state index contributed by atoms with van der Waals surface area (Å²) in [7, 11) is 0. The van der Waals surface area contributed by atoms with Crippen LogP contribution >= 0.6 is 22.6 Å². The lowest BCUT2D eigenvalue weighted by Gasteiger charge is -2.13. The second-order valence-corrected chi connectivity index (χ2v) is 6.00. The lowest BCUT2D eigenvalue weighted by Crippen LogP contribution is -2.25. The molecule has 1 atom stereocenters. The minimum Gasteiger partial charge on any atom is -0.310 e. The van der Waals surface area contributed by atoms with E-state index in [1.54, 1.807) is 0 Å². The van der Waals surface area contributed by atoms with Crippen LogP contribution in [0.4, 0.5) is 0 Å². The van der Waals surface area contributed by atoms with Gasteiger partial charge >= 0.3 is 0 Å². The second kappa shape index (κ2) is 8.92. The zero-order chi connectivity index (χ0) is 12.5. The van der Waals surface area contributed by atoms with Crippen molar-refractivity contribution in [3.63, 3.8) is 0 Å². The molecule has 0 aliphatic rings. The second-order valence-electron chi connectivity index (χ2n) is 4.76. The highest BCUT2D eigenvalue weighted by Crippen LogP contribution is 2.08. The first-order chi connectivity index (χ1) is 8.22. The van der Waals surface area contributed by atoms with Gasteiger partial charge in [0.1, 0.15) is 0 Å². The van der Waals surface area contributed by atoms with Crippen molar-refractivity contribution in [3.8, 4) is 0 Å². The number of hydrogen-bond donors (Lipinski definition) is 1. The van der Waals surface area contributed by atoms with Gasteiger partial charge in [0, 0.05) is 16.2 Å². The molecule has 0 aromatic heterocycles. The quantitative estimate of drug-likeness (QED) is 0.530. The molecule has 0 aliphatic carbocycles. The van der Waals surface area contributed by atoms with E-state index in [1.807, 2.05) is 0 Å². The highest BCUT2D eigenvalue weighted by Gasteiger charge is 2.01. The van der Waals surface area contributed by atoms with Crippen molar-refractivity contribution in [3.05, 3.63) is 33.4 Å². The van der Waals surface area contributed by atoms with Crippen molar-refractivity contribution in [1.82, 2.24) is 5.32 Å². The third-order valence-electron chi connectivity index (χ3n) is 3.06. The predicted molar refractivity (Wildman–Crippen MR) is 84.2 cm³/mol. The van der Waals surface area contributed by atoms with Crippen LogP contribution in [0.5, 0.6) is 0 Å². The van der Waals surface area contributed by atoms with Gasteiger partial charge in [-0.2, -0.15) is 0 Å². The van der Waals surface area contributed by atoms with Crippen molar-refractivity contribution >= 4 is 22.6 Å². The SMILES string of the molecule is CCCCCCC(C)NCc1ccc(I)cc1. The fraction of sp³-hybridized carbons (Fsp3) is 0.600. The molecule has 1 N–H and O–H groups in total. The van der Waals surface area contributed by atoms with Crippen molar-refractivity contribution < 1.29 is 0 Å². The number of halogens is 1. The van der Waals surface area contributed by atoms with Crippen LogP contribution in [-0.4, -0.2) is 6.04 Å². The third-order valence-corrected chi connectivity index (χ3v) is 3.78. The molecular formula is C15H24IN. The molecule has 1 unspecified atom stereocenters. The Morgan fingerprint density at radius 3 is 2.47 bits per heavy atom. The molecule has 0 aliphatic heterocycles. The monoisotopic (exact) mass is 345 g/mol. The van der Waals surface area contributed by atoms with Crippen molar-refractivity contribution in [2.45, 2.75) is 58.5 Å². The number of nitrogens with one attached hydrogen (secondary N) is 1. The summed E-state index contributed by atoms with van der Waals surface area (Å²) in [5.74, 6) is 0.